The van der Waals surface area contributed by atoms with Crippen molar-refractivity contribution in [3.63, 3.8) is 0 Å². The molecule has 3 rings (SSSR count). The van der Waals surface area contributed by atoms with Gasteiger partial charge < -0.3 is 9.80 Å². The predicted octanol–water partition coefficient (Wildman–Crippen LogP) is 2.13. The second-order valence-electron chi connectivity index (χ2n) is 6.49. The molecule has 1 aromatic heterocycles. The Hall–Kier alpha value is -2.69. The minimum absolute atomic E-state index is 0.0415. The maximum atomic E-state index is 12.6. The highest BCUT2D eigenvalue weighted by molar-refractivity contribution is 5.89. The number of amides is 2. The van der Waals surface area contributed by atoms with Gasteiger partial charge in [-0.25, -0.2) is 0 Å². The molecule has 0 aliphatic carbocycles. The lowest BCUT2D eigenvalue weighted by Crippen LogP contribution is -2.36. The summed E-state index contributed by atoms with van der Waals surface area (Å²) >= 11 is 0. The highest BCUT2D eigenvalue weighted by Gasteiger charge is 2.35. The number of nitrogens with zero attached hydrogens (tertiary/aromatic N) is 3. The van der Waals surface area contributed by atoms with Crippen molar-refractivity contribution < 1.29 is 9.59 Å². The van der Waals surface area contributed by atoms with Crippen molar-refractivity contribution >= 4 is 11.8 Å². The minimum Gasteiger partial charge on any atom is -0.345 e. The Morgan fingerprint density at radius 3 is 2.68 bits per heavy atom. The number of hydrogen-bond donors (Lipinski definition) is 0. The zero-order valence-corrected chi connectivity index (χ0v) is 14.5. The number of hydrogen-bond acceptors (Lipinski definition) is 3. The monoisotopic (exact) mass is 337 g/mol. The number of rotatable bonds is 6. The van der Waals surface area contributed by atoms with Crippen LogP contribution in [-0.2, 0) is 22.6 Å². The lowest BCUT2D eigenvalue weighted by molar-refractivity contribution is -0.134. The zero-order chi connectivity index (χ0) is 17.6. The van der Waals surface area contributed by atoms with Crippen LogP contribution < -0.4 is 0 Å². The van der Waals surface area contributed by atoms with Crippen molar-refractivity contribution in [3.8, 4) is 0 Å². The minimum atomic E-state index is -0.245. The van der Waals surface area contributed by atoms with Crippen molar-refractivity contribution in [1.82, 2.24) is 14.8 Å². The second kappa shape index (κ2) is 7.92. The topological polar surface area (TPSA) is 53.5 Å². The first kappa shape index (κ1) is 17.1. The maximum Gasteiger partial charge on any atom is 0.227 e. The van der Waals surface area contributed by atoms with E-state index in [1.807, 2.05) is 48.5 Å². The molecule has 0 N–H and O–H groups in total. The quantitative estimate of drug-likeness (QED) is 0.811. The molecule has 1 fully saturated rings. The van der Waals surface area contributed by atoms with Crippen LogP contribution in [0.25, 0.3) is 0 Å². The van der Waals surface area contributed by atoms with Crippen LogP contribution in [-0.4, -0.2) is 46.7 Å². The number of aromatic nitrogens is 1. The van der Waals surface area contributed by atoms with E-state index in [2.05, 4.69) is 4.98 Å². The number of likely N-dealkylation sites (tertiary alicyclic amines) is 1. The van der Waals surface area contributed by atoms with Gasteiger partial charge >= 0.3 is 0 Å². The Labute approximate surface area is 148 Å². The van der Waals surface area contributed by atoms with Gasteiger partial charge in [-0.05, 0) is 17.7 Å². The molecule has 0 saturated carbocycles. The second-order valence-corrected chi connectivity index (χ2v) is 6.49. The number of carbonyl (C=O) groups is 2. The van der Waals surface area contributed by atoms with Crippen LogP contribution in [0.5, 0.6) is 0 Å². The molecule has 1 atom stereocenters. The van der Waals surface area contributed by atoms with E-state index in [4.69, 9.17) is 0 Å². The van der Waals surface area contributed by atoms with Crippen LogP contribution in [0.1, 0.15) is 17.7 Å². The molecular formula is C20H23N3O2. The van der Waals surface area contributed by atoms with Gasteiger partial charge in [-0.15, -0.1) is 0 Å². The van der Waals surface area contributed by atoms with E-state index in [0.717, 1.165) is 17.7 Å². The van der Waals surface area contributed by atoms with Gasteiger partial charge in [-0.3, -0.25) is 14.6 Å². The Morgan fingerprint density at radius 1 is 1.20 bits per heavy atom. The van der Waals surface area contributed by atoms with E-state index in [1.165, 1.54) is 0 Å². The normalized spacial score (nSPS) is 16.9. The van der Waals surface area contributed by atoms with Crippen LogP contribution in [0.3, 0.4) is 0 Å². The third-order valence-corrected chi connectivity index (χ3v) is 4.59. The predicted molar refractivity (Wildman–Crippen MR) is 95.5 cm³/mol. The fourth-order valence-electron chi connectivity index (χ4n) is 3.14. The molecule has 2 heterocycles. The van der Waals surface area contributed by atoms with Crippen molar-refractivity contribution in [2.75, 3.05) is 20.1 Å². The van der Waals surface area contributed by atoms with E-state index in [9.17, 15) is 9.59 Å². The summed E-state index contributed by atoms with van der Waals surface area (Å²) in [5, 5.41) is 0. The number of likely N-dealkylation sites (N-methyl/N-ethyl adjacent to an activating group) is 1. The summed E-state index contributed by atoms with van der Waals surface area (Å²) in [6.45, 7) is 1.68. The number of carbonyl (C=O) groups excluding carboxylic acids is 2. The van der Waals surface area contributed by atoms with Gasteiger partial charge in [0.15, 0.2) is 0 Å². The number of benzene rings is 1. The van der Waals surface area contributed by atoms with E-state index in [0.29, 0.717) is 26.1 Å². The molecular weight excluding hydrogens is 314 g/mol. The molecule has 1 saturated heterocycles. The first-order chi connectivity index (χ1) is 12.1. The lowest BCUT2D eigenvalue weighted by atomic mass is 10.1. The molecule has 0 bridgehead atoms. The first-order valence-electron chi connectivity index (χ1n) is 8.60. The van der Waals surface area contributed by atoms with E-state index in [-0.39, 0.29) is 17.7 Å². The summed E-state index contributed by atoms with van der Waals surface area (Å²) in [5.41, 5.74) is 2.06. The summed E-state index contributed by atoms with van der Waals surface area (Å²) in [4.78, 5) is 32.7. The highest BCUT2D eigenvalue weighted by atomic mass is 16.2. The van der Waals surface area contributed by atoms with Crippen molar-refractivity contribution in [1.29, 1.82) is 0 Å². The van der Waals surface area contributed by atoms with Gasteiger partial charge in [0.05, 0.1) is 5.92 Å². The fraction of sp³-hybridized carbons (Fsp3) is 0.350. The molecule has 1 aliphatic heterocycles. The van der Waals surface area contributed by atoms with Gasteiger partial charge in [0.2, 0.25) is 11.8 Å². The van der Waals surface area contributed by atoms with E-state index < -0.39 is 0 Å². The highest BCUT2D eigenvalue weighted by Crippen LogP contribution is 2.22. The van der Waals surface area contributed by atoms with Gasteiger partial charge in [0, 0.05) is 51.4 Å². The van der Waals surface area contributed by atoms with E-state index >= 15 is 0 Å². The summed E-state index contributed by atoms with van der Waals surface area (Å²) in [6, 6.07) is 15.7. The Bertz CT molecular complexity index is 718. The Morgan fingerprint density at radius 2 is 1.96 bits per heavy atom. The molecule has 5 heteroatoms. The Kier molecular flexibility index (Phi) is 5.43. The van der Waals surface area contributed by atoms with Crippen LogP contribution in [0.2, 0.25) is 0 Å². The molecule has 5 nitrogen and oxygen atoms in total. The molecule has 1 aliphatic rings. The largest absolute Gasteiger partial charge is 0.345 e. The van der Waals surface area contributed by atoms with Gasteiger partial charge in [0.1, 0.15) is 0 Å². The van der Waals surface area contributed by atoms with Crippen LogP contribution in [0.4, 0.5) is 0 Å². The van der Waals surface area contributed by atoms with Gasteiger partial charge in [-0.2, -0.15) is 0 Å². The molecule has 0 radical (unpaired) electrons. The number of pyridine rings is 1. The average molecular weight is 337 g/mol. The van der Waals surface area contributed by atoms with Crippen molar-refractivity contribution in [2.24, 2.45) is 5.92 Å². The first-order valence-corrected chi connectivity index (χ1v) is 8.60. The summed E-state index contributed by atoms with van der Waals surface area (Å²) < 4.78 is 0. The maximum absolute atomic E-state index is 12.6. The molecule has 1 unspecified atom stereocenters. The summed E-state index contributed by atoms with van der Waals surface area (Å²) in [7, 11) is 1.80. The van der Waals surface area contributed by atoms with Crippen molar-refractivity contribution in [3.05, 3.63) is 66.0 Å². The third kappa shape index (κ3) is 4.44. The van der Waals surface area contributed by atoms with Crippen molar-refractivity contribution in [2.45, 2.75) is 19.4 Å². The smallest absolute Gasteiger partial charge is 0.227 e. The molecule has 25 heavy (non-hydrogen) atoms. The van der Waals surface area contributed by atoms with Crippen LogP contribution in [0.15, 0.2) is 54.7 Å². The molecule has 2 aromatic rings. The molecule has 130 valence electrons. The van der Waals surface area contributed by atoms with Crippen LogP contribution in [0, 0.1) is 5.92 Å². The molecule has 0 spiro atoms. The summed E-state index contributed by atoms with van der Waals surface area (Å²) in [5.74, 6) is -0.148. The van der Waals surface area contributed by atoms with Crippen LogP contribution >= 0.6 is 0 Å². The van der Waals surface area contributed by atoms with Gasteiger partial charge in [0.25, 0.3) is 0 Å². The zero-order valence-electron chi connectivity index (χ0n) is 14.5. The van der Waals surface area contributed by atoms with Gasteiger partial charge in [-0.1, -0.05) is 36.4 Å². The fourth-order valence-corrected chi connectivity index (χ4v) is 3.14. The molecule has 1 aromatic carbocycles. The third-order valence-electron chi connectivity index (χ3n) is 4.59. The Balaban J connectivity index is 1.53. The SMILES string of the molecule is CN(CCc1ccccn1)C(=O)C1CC(=O)N(Cc2ccccc2)C1. The van der Waals surface area contributed by atoms with E-state index in [1.54, 1.807) is 23.0 Å². The average Bonchev–Trinajstić information content (AvgIpc) is 3.01. The molecule has 2 amide bonds. The standard InChI is InChI=1S/C20H23N3O2/c1-22(12-10-18-9-5-6-11-21-18)20(25)17-13-19(24)23(15-17)14-16-7-3-2-4-8-16/h2-9,11,17H,10,12-15H2,1H3. The lowest BCUT2D eigenvalue weighted by Gasteiger charge is -2.21. The summed E-state index contributed by atoms with van der Waals surface area (Å²) in [6.07, 6.45) is 2.78.